The lowest BCUT2D eigenvalue weighted by atomic mass is 10.2. The Balaban J connectivity index is 2.69. The van der Waals surface area contributed by atoms with Gasteiger partial charge in [-0.1, -0.05) is 11.6 Å². The van der Waals surface area contributed by atoms with Crippen molar-refractivity contribution in [2.75, 3.05) is 6.54 Å². The third-order valence-electron chi connectivity index (χ3n) is 1.50. The number of aryl methyl sites for hydroxylation is 1. The van der Waals surface area contributed by atoms with Crippen molar-refractivity contribution < 1.29 is 4.39 Å². The highest BCUT2D eigenvalue weighted by molar-refractivity contribution is 6.30. The van der Waals surface area contributed by atoms with Crippen molar-refractivity contribution in [3.63, 3.8) is 0 Å². The van der Waals surface area contributed by atoms with Crippen LogP contribution in [0.4, 0.5) is 4.39 Å². The number of nitrogens with two attached hydrogens (primary N) is 1. The fourth-order valence-corrected chi connectivity index (χ4v) is 0.983. The van der Waals surface area contributed by atoms with Crippen LogP contribution in [0.2, 0.25) is 5.02 Å². The average molecular weight is 189 g/mol. The predicted molar refractivity (Wildman–Crippen MR) is 46.6 cm³/mol. The van der Waals surface area contributed by atoms with Gasteiger partial charge >= 0.3 is 0 Å². The molecule has 0 saturated heterocycles. The van der Waals surface area contributed by atoms with E-state index in [2.05, 4.69) is 4.98 Å². The average Bonchev–Trinajstić information content (AvgIpc) is 2.07. The molecule has 0 amide bonds. The van der Waals surface area contributed by atoms with Crippen LogP contribution in [-0.4, -0.2) is 11.5 Å². The topological polar surface area (TPSA) is 38.9 Å². The molecule has 0 radical (unpaired) electrons. The quantitative estimate of drug-likeness (QED) is 0.735. The van der Waals surface area contributed by atoms with Crippen LogP contribution in [0.15, 0.2) is 12.1 Å². The van der Waals surface area contributed by atoms with E-state index in [0.717, 1.165) is 6.42 Å². The molecule has 0 unspecified atom stereocenters. The second-order valence-electron chi connectivity index (χ2n) is 2.47. The minimum absolute atomic E-state index is 0.0616. The summed E-state index contributed by atoms with van der Waals surface area (Å²) < 4.78 is 12.7. The summed E-state index contributed by atoms with van der Waals surface area (Å²) in [6, 6.07) is 3.22. The highest BCUT2D eigenvalue weighted by Crippen LogP contribution is 2.12. The van der Waals surface area contributed by atoms with E-state index in [1.165, 1.54) is 6.07 Å². The number of nitrogens with zero attached hydrogens (tertiary/aromatic N) is 1. The molecule has 0 bridgehead atoms. The summed E-state index contributed by atoms with van der Waals surface area (Å²) in [5.41, 5.74) is 5.99. The summed E-state index contributed by atoms with van der Waals surface area (Å²) in [6.07, 6.45) is 1.51. The summed E-state index contributed by atoms with van der Waals surface area (Å²) in [5.74, 6) is -0.605. The summed E-state index contributed by atoms with van der Waals surface area (Å²) in [6.45, 7) is 0.589. The molecule has 1 aromatic heterocycles. The van der Waals surface area contributed by atoms with Crippen molar-refractivity contribution in [2.24, 2.45) is 5.73 Å². The molecule has 1 rings (SSSR count). The van der Waals surface area contributed by atoms with Crippen molar-refractivity contribution in [2.45, 2.75) is 12.8 Å². The van der Waals surface area contributed by atoms with Gasteiger partial charge in [0.05, 0.1) is 5.02 Å². The number of hydrogen-bond donors (Lipinski definition) is 1. The van der Waals surface area contributed by atoms with Crippen molar-refractivity contribution in [1.29, 1.82) is 0 Å². The zero-order valence-electron chi connectivity index (χ0n) is 6.56. The Labute approximate surface area is 75.6 Å². The Morgan fingerprint density at radius 1 is 1.50 bits per heavy atom. The maximum absolute atomic E-state index is 12.7. The molecule has 0 fully saturated rings. The largest absolute Gasteiger partial charge is 0.330 e. The number of rotatable bonds is 3. The van der Waals surface area contributed by atoms with Crippen LogP contribution in [0.3, 0.4) is 0 Å². The lowest BCUT2D eigenvalue weighted by molar-refractivity contribution is 0.575. The molecule has 1 aromatic rings. The maximum Gasteiger partial charge on any atom is 0.231 e. The van der Waals surface area contributed by atoms with Crippen molar-refractivity contribution >= 4 is 11.6 Å². The Hall–Kier alpha value is -0.670. The normalized spacial score (nSPS) is 10.2. The minimum atomic E-state index is -0.605. The first-order valence-corrected chi connectivity index (χ1v) is 4.13. The zero-order valence-corrected chi connectivity index (χ0v) is 7.31. The Kier molecular flexibility index (Phi) is 3.44. The van der Waals surface area contributed by atoms with Gasteiger partial charge in [-0.2, -0.15) is 4.39 Å². The van der Waals surface area contributed by atoms with Crippen LogP contribution in [0.1, 0.15) is 12.1 Å². The summed E-state index contributed by atoms with van der Waals surface area (Å²) in [5, 5.41) is 0.0616. The van der Waals surface area contributed by atoms with Gasteiger partial charge in [-0.25, -0.2) is 4.98 Å². The zero-order chi connectivity index (χ0) is 8.97. The molecule has 0 saturated carbocycles. The summed E-state index contributed by atoms with van der Waals surface area (Å²) in [7, 11) is 0. The first-order valence-electron chi connectivity index (χ1n) is 3.75. The van der Waals surface area contributed by atoms with Crippen molar-refractivity contribution in [3.8, 4) is 0 Å². The van der Waals surface area contributed by atoms with Crippen molar-refractivity contribution in [1.82, 2.24) is 4.98 Å². The standard InChI is InChI=1S/C8H10ClFN2/c9-7-4-3-6(2-1-5-11)12-8(7)10/h3-4H,1-2,5,11H2. The fraction of sp³-hybridized carbons (Fsp3) is 0.375. The second kappa shape index (κ2) is 4.38. The highest BCUT2D eigenvalue weighted by Gasteiger charge is 2.01. The SMILES string of the molecule is NCCCc1ccc(Cl)c(F)n1. The maximum atomic E-state index is 12.7. The number of aromatic nitrogens is 1. The molecule has 0 atom stereocenters. The molecule has 0 aliphatic rings. The number of hydrogen-bond acceptors (Lipinski definition) is 2. The van der Waals surface area contributed by atoms with E-state index in [-0.39, 0.29) is 5.02 Å². The van der Waals surface area contributed by atoms with Gasteiger partial charge in [-0.15, -0.1) is 0 Å². The lowest BCUT2D eigenvalue weighted by Crippen LogP contribution is -2.02. The van der Waals surface area contributed by atoms with E-state index in [0.29, 0.717) is 18.7 Å². The molecule has 12 heavy (non-hydrogen) atoms. The van der Waals surface area contributed by atoms with Crippen LogP contribution >= 0.6 is 11.6 Å². The van der Waals surface area contributed by atoms with E-state index in [1.807, 2.05) is 0 Å². The van der Waals surface area contributed by atoms with Gasteiger partial charge in [0.2, 0.25) is 5.95 Å². The van der Waals surface area contributed by atoms with Crippen LogP contribution in [0.5, 0.6) is 0 Å². The van der Waals surface area contributed by atoms with Gasteiger partial charge in [-0.05, 0) is 31.5 Å². The first-order chi connectivity index (χ1) is 5.74. The van der Waals surface area contributed by atoms with Gasteiger partial charge in [0.1, 0.15) is 0 Å². The van der Waals surface area contributed by atoms with Crippen LogP contribution in [-0.2, 0) is 6.42 Å². The first kappa shape index (κ1) is 9.42. The Morgan fingerprint density at radius 3 is 2.83 bits per heavy atom. The van der Waals surface area contributed by atoms with Crippen LogP contribution in [0.25, 0.3) is 0 Å². The smallest absolute Gasteiger partial charge is 0.231 e. The Morgan fingerprint density at radius 2 is 2.25 bits per heavy atom. The van der Waals surface area contributed by atoms with E-state index >= 15 is 0 Å². The Bertz CT molecular complexity index is 265. The lowest BCUT2D eigenvalue weighted by Gasteiger charge is -1.99. The van der Waals surface area contributed by atoms with Crippen LogP contribution < -0.4 is 5.73 Å². The van der Waals surface area contributed by atoms with Gasteiger partial charge in [0, 0.05) is 5.69 Å². The van der Waals surface area contributed by atoms with E-state index in [1.54, 1.807) is 6.07 Å². The molecule has 0 aromatic carbocycles. The molecule has 1 heterocycles. The van der Waals surface area contributed by atoms with Crippen LogP contribution in [0, 0.1) is 5.95 Å². The number of pyridine rings is 1. The molecule has 2 nitrogen and oxygen atoms in total. The van der Waals surface area contributed by atoms with E-state index < -0.39 is 5.95 Å². The molecule has 0 aliphatic heterocycles. The summed E-state index contributed by atoms with van der Waals surface area (Å²) in [4.78, 5) is 3.66. The molecule has 4 heteroatoms. The molecule has 66 valence electrons. The molecule has 2 N–H and O–H groups in total. The molecular formula is C8H10ClFN2. The predicted octanol–water partition coefficient (Wildman–Crippen LogP) is 1.77. The second-order valence-corrected chi connectivity index (χ2v) is 2.87. The summed E-state index contributed by atoms with van der Waals surface area (Å²) >= 11 is 5.45. The monoisotopic (exact) mass is 188 g/mol. The third-order valence-corrected chi connectivity index (χ3v) is 1.78. The fourth-order valence-electron chi connectivity index (χ4n) is 0.877. The molecular weight excluding hydrogens is 179 g/mol. The van der Waals surface area contributed by atoms with Gasteiger partial charge in [0.15, 0.2) is 0 Å². The number of halogens is 2. The van der Waals surface area contributed by atoms with Gasteiger partial charge < -0.3 is 5.73 Å². The van der Waals surface area contributed by atoms with E-state index in [9.17, 15) is 4.39 Å². The van der Waals surface area contributed by atoms with Crippen molar-refractivity contribution in [3.05, 3.63) is 28.8 Å². The highest BCUT2D eigenvalue weighted by atomic mass is 35.5. The molecule has 0 aliphatic carbocycles. The van der Waals surface area contributed by atoms with E-state index in [4.69, 9.17) is 17.3 Å². The van der Waals surface area contributed by atoms with Gasteiger partial charge in [-0.3, -0.25) is 0 Å². The minimum Gasteiger partial charge on any atom is -0.330 e. The third kappa shape index (κ3) is 2.43. The van der Waals surface area contributed by atoms with Gasteiger partial charge in [0.25, 0.3) is 0 Å². The molecule has 0 spiro atoms.